The quantitative estimate of drug-likeness (QED) is 0.618. The summed E-state index contributed by atoms with van der Waals surface area (Å²) >= 11 is 0. The molecule has 0 unspecified atom stereocenters. The molecule has 2 rings (SSSR count). The fourth-order valence-corrected chi connectivity index (χ4v) is 3.44. The van der Waals surface area contributed by atoms with Crippen LogP contribution in [-0.2, 0) is 15.6 Å². The average molecular weight is 344 g/mol. The third-order valence-corrected chi connectivity index (χ3v) is 9.46. The van der Waals surface area contributed by atoms with Crippen LogP contribution in [0.2, 0.25) is 18.1 Å². The van der Waals surface area contributed by atoms with E-state index >= 15 is 0 Å². The molecule has 2 aromatic rings. The molecule has 24 heavy (non-hydrogen) atoms. The number of amides is 1. The van der Waals surface area contributed by atoms with Crippen molar-refractivity contribution in [2.24, 2.45) is 0 Å². The molecule has 0 fully saturated rings. The zero-order chi connectivity index (χ0) is 17.8. The third kappa shape index (κ3) is 4.68. The fourth-order valence-electron chi connectivity index (χ4n) is 2.40. The van der Waals surface area contributed by atoms with Crippen LogP contribution < -0.4 is 5.32 Å². The van der Waals surface area contributed by atoms with Gasteiger partial charge in [-0.1, -0.05) is 63.2 Å². The van der Waals surface area contributed by atoms with E-state index in [4.69, 9.17) is 4.43 Å². The monoisotopic (exact) mass is 343 g/mol. The highest BCUT2D eigenvalue weighted by Crippen LogP contribution is 2.36. The first kappa shape index (κ1) is 18.7. The van der Waals surface area contributed by atoms with Crippen LogP contribution in [0, 0.1) is 0 Å². The maximum atomic E-state index is 12.2. The van der Waals surface area contributed by atoms with Crippen LogP contribution in [0.25, 0.3) is 10.8 Å². The summed E-state index contributed by atoms with van der Waals surface area (Å²) in [7, 11) is -1.74. The highest BCUT2D eigenvalue weighted by atomic mass is 28.4. The molecule has 0 atom stereocenters. The maximum Gasteiger partial charge on any atom is 0.224 e. The normalized spacial score (nSPS) is 12.4. The smallest absolute Gasteiger partial charge is 0.224 e. The molecule has 3 nitrogen and oxygen atoms in total. The zero-order valence-corrected chi connectivity index (χ0v) is 16.5. The highest BCUT2D eigenvalue weighted by molar-refractivity contribution is 6.74. The third-order valence-electron chi connectivity index (χ3n) is 4.92. The Morgan fingerprint density at radius 1 is 1.08 bits per heavy atom. The molecule has 0 radical (unpaired) electrons. The number of rotatable bonds is 6. The van der Waals surface area contributed by atoms with Crippen LogP contribution in [0.15, 0.2) is 42.5 Å². The number of nitrogens with one attached hydrogen (secondary N) is 1. The molecule has 0 bridgehead atoms. The molecular weight excluding hydrogens is 314 g/mol. The minimum absolute atomic E-state index is 0.0465. The van der Waals surface area contributed by atoms with E-state index in [0.29, 0.717) is 19.6 Å². The Labute approximate surface area is 146 Å². The second-order valence-electron chi connectivity index (χ2n) is 7.77. The molecule has 1 N–H and O–H groups in total. The van der Waals surface area contributed by atoms with Crippen molar-refractivity contribution in [3.8, 4) is 0 Å². The first-order valence-electron chi connectivity index (χ1n) is 8.58. The molecule has 0 aliphatic heterocycles. The Kier molecular flexibility index (Phi) is 5.83. The predicted molar refractivity (Wildman–Crippen MR) is 104 cm³/mol. The van der Waals surface area contributed by atoms with Gasteiger partial charge < -0.3 is 9.74 Å². The van der Waals surface area contributed by atoms with Crippen LogP contribution >= 0.6 is 0 Å². The zero-order valence-electron chi connectivity index (χ0n) is 15.5. The van der Waals surface area contributed by atoms with Gasteiger partial charge in [-0.15, -0.1) is 0 Å². The van der Waals surface area contributed by atoms with Gasteiger partial charge in [0.1, 0.15) is 0 Å². The lowest BCUT2D eigenvalue weighted by molar-refractivity contribution is -0.120. The van der Waals surface area contributed by atoms with Crippen LogP contribution in [0.3, 0.4) is 0 Å². The number of carbonyl (C=O) groups excluding carboxylic acids is 1. The second-order valence-corrected chi connectivity index (χ2v) is 12.6. The number of fused-ring (bicyclic) bond motifs is 1. The van der Waals surface area contributed by atoms with Gasteiger partial charge in [-0.3, -0.25) is 4.79 Å². The largest absolute Gasteiger partial charge is 0.415 e. The van der Waals surface area contributed by atoms with Gasteiger partial charge in [-0.25, -0.2) is 0 Å². The summed E-state index contributed by atoms with van der Waals surface area (Å²) in [6.07, 6.45) is 0.404. The second kappa shape index (κ2) is 7.49. The van der Waals surface area contributed by atoms with Crippen molar-refractivity contribution in [2.45, 2.75) is 45.3 Å². The summed E-state index contributed by atoms with van der Waals surface area (Å²) in [5.74, 6) is 0.0465. The first-order chi connectivity index (χ1) is 11.2. The van der Waals surface area contributed by atoms with Crippen LogP contribution in [0.4, 0.5) is 0 Å². The lowest BCUT2D eigenvalue weighted by Gasteiger charge is -2.36. The fraction of sp³-hybridized carbons (Fsp3) is 0.450. The van der Waals surface area contributed by atoms with E-state index < -0.39 is 8.32 Å². The minimum Gasteiger partial charge on any atom is -0.415 e. The number of carbonyl (C=O) groups is 1. The van der Waals surface area contributed by atoms with Crippen molar-refractivity contribution < 1.29 is 9.22 Å². The SMILES string of the molecule is CC(C)(C)[Si](C)(C)OCCNC(=O)Cc1cccc2ccccc12. The maximum absolute atomic E-state index is 12.2. The number of hydrogen-bond acceptors (Lipinski definition) is 2. The topological polar surface area (TPSA) is 38.3 Å². The molecule has 0 heterocycles. The lowest BCUT2D eigenvalue weighted by Crippen LogP contribution is -2.42. The van der Waals surface area contributed by atoms with Crippen LogP contribution in [-0.4, -0.2) is 27.4 Å². The molecule has 4 heteroatoms. The molecular formula is C20H29NO2Si. The Morgan fingerprint density at radius 2 is 1.75 bits per heavy atom. The van der Waals surface area contributed by atoms with Gasteiger partial charge in [0.15, 0.2) is 8.32 Å². The Morgan fingerprint density at radius 3 is 2.46 bits per heavy atom. The predicted octanol–water partition coefficient (Wildman–Crippen LogP) is 4.52. The Hall–Kier alpha value is -1.65. The number of benzene rings is 2. The van der Waals surface area contributed by atoms with E-state index in [9.17, 15) is 4.79 Å². The van der Waals surface area contributed by atoms with E-state index in [1.165, 1.54) is 5.39 Å². The molecule has 0 spiro atoms. The van der Waals surface area contributed by atoms with Crippen molar-refractivity contribution in [1.82, 2.24) is 5.32 Å². The Bertz CT molecular complexity index is 699. The summed E-state index contributed by atoms with van der Waals surface area (Å²) in [4.78, 5) is 12.2. The van der Waals surface area contributed by atoms with Gasteiger partial charge in [0.2, 0.25) is 5.91 Å². The van der Waals surface area contributed by atoms with E-state index in [1.807, 2.05) is 24.3 Å². The summed E-state index contributed by atoms with van der Waals surface area (Å²) in [5, 5.41) is 5.49. The molecule has 0 aliphatic rings. The van der Waals surface area contributed by atoms with Crippen LogP contribution in [0.1, 0.15) is 26.3 Å². The van der Waals surface area contributed by atoms with Gasteiger partial charge in [0.25, 0.3) is 0 Å². The van der Waals surface area contributed by atoms with Gasteiger partial charge in [-0.05, 0) is 34.5 Å². The minimum atomic E-state index is -1.74. The van der Waals surface area contributed by atoms with Crippen molar-refractivity contribution in [2.75, 3.05) is 13.2 Å². The molecule has 0 aromatic heterocycles. The highest BCUT2D eigenvalue weighted by Gasteiger charge is 2.36. The van der Waals surface area contributed by atoms with Gasteiger partial charge in [0.05, 0.1) is 13.0 Å². The van der Waals surface area contributed by atoms with E-state index in [-0.39, 0.29) is 10.9 Å². The van der Waals surface area contributed by atoms with Crippen molar-refractivity contribution in [1.29, 1.82) is 0 Å². The van der Waals surface area contributed by atoms with Gasteiger partial charge in [-0.2, -0.15) is 0 Å². The van der Waals surface area contributed by atoms with E-state index in [1.54, 1.807) is 0 Å². The average Bonchev–Trinajstić information content (AvgIpc) is 2.51. The van der Waals surface area contributed by atoms with Crippen molar-refractivity contribution in [3.05, 3.63) is 48.0 Å². The van der Waals surface area contributed by atoms with Crippen LogP contribution in [0.5, 0.6) is 0 Å². The summed E-state index contributed by atoms with van der Waals surface area (Å²) in [6.45, 7) is 12.3. The summed E-state index contributed by atoms with van der Waals surface area (Å²) in [6, 6.07) is 14.3. The molecule has 2 aromatic carbocycles. The molecule has 0 aliphatic carbocycles. The molecule has 0 saturated heterocycles. The molecule has 1 amide bonds. The van der Waals surface area contributed by atoms with Crippen molar-refractivity contribution >= 4 is 25.0 Å². The Balaban J connectivity index is 1.86. The van der Waals surface area contributed by atoms with Gasteiger partial charge in [0, 0.05) is 6.54 Å². The lowest BCUT2D eigenvalue weighted by atomic mass is 10.0. The molecule has 0 saturated carbocycles. The number of hydrogen-bond donors (Lipinski definition) is 1. The first-order valence-corrected chi connectivity index (χ1v) is 11.5. The van der Waals surface area contributed by atoms with E-state index in [0.717, 1.165) is 10.9 Å². The molecule has 130 valence electrons. The standard InChI is InChI=1S/C20H29NO2Si/c1-20(2,3)24(4,5)23-14-13-21-19(22)15-17-11-8-10-16-9-6-7-12-18(16)17/h6-12H,13-15H2,1-5H3,(H,21,22). The summed E-state index contributed by atoms with van der Waals surface area (Å²) in [5.41, 5.74) is 1.07. The summed E-state index contributed by atoms with van der Waals surface area (Å²) < 4.78 is 6.09. The van der Waals surface area contributed by atoms with Gasteiger partial charge >= 0.3 is 0 Å². The van der Waals surface area contributed by atoms with Crippen molar-refractivity contribution in [3.63, 3.8) is 0 Å². The van der Waals surface area contributed by atoms with E-state index in [2.05, 4.69) is 57.4 Å².